The molecule has 5 heteroatoms. The number of rotatable bonds is 2. The Hall–Kier alpha value is -0.610. The largest absolute Gasteiger partial charge is 0.349 e. The number of carbonyl (C=O) groups excluding carboxylic acids is 1. The highest BCUT2D eigenvalue weighted by Gasteiger charge is 2.13. The van der Waals surface area contributed by atoms with Gasteiger partial charge in [0.2, 0.25) is 0 Å². The first-order chi connectivity index (χ1) is 5.61. The number of halogens is 1. The van der Waals surface area contributed by atoms with Crippen molar-refractivity contribution in [1.29, 1.82) is 0 Å². The molecule has 1 amide bonds. The number of thiazole rings is 1. The molecule has 0 atom stereocenters. The van der Waals surface area contributed by atoms with Gasteiger partial charge in [-0.05, 0) is 13.8 Å². The van der Waals surface area contributed by atoms with Crippen LogP contribution in [0.25, 0.3) is 0 Å². The van der Waals surface area contributed by atoms with Crippen LogP contribution < -0.4 is 5.32 Å². The average molecular weight is 205 g/mol. The highest BCUT2D eigenvalue weighted by molar-refractivity contribution is 7.12. The fraction of sp³-hybridized carbons (Fsp3) is 0.429. The van der Waals surface area contributed by atoms with Crippen LogP contribution in [0.5, 0.6) is 0 Å². The van der Waals surface area contributed by atoms with Gasteiger partial charge in [0.1, 0.15) is 4.88 Å². The number of carbonyl (C=O) groups is 1. The molecule has 1 N–H and O–H groups in total. The first-order valence-corrected chi connectivity index (χ1v) is 4.77. The maximum Gasteiger partial charge on any atom is 0.264 e. The van der Waals surface area contributed by atoms with Gasteiger partial charge in [-0.2, -0.15) is 0 Å². The number of aromatic nitrogens is 1. The van der Waals surface area contributed by atoms with E-state index >= 15 is 0 Å². The van der Waals surface area contributed by atoms with E-state index in [-0.39, 0.29) is 17.1 Å². The molecule has 1 aromatic rings. The van der Waals surface area contributed by atoms with Gasteiger partial charge in [-0.15, -0.1) is 11.3 Å². The van der Waals surface area contributed by atoms with Crippen molar-refractivity contribution < 1.29 is 4.79 Å². The molecule has 0 aliphatic rings. The zero-order valence-electron chi connectivity index (χ0n) is 6.80. The normalized spacial score (nSPS) is 10.3. The number of nitrogens with one attached hydrogen (secondary N) is 1. The van der Waals surface area contributed by atoms with Gasteiger partial charge < -0.3 is 5.32 Å². The van der Waals surface area contributed by atoms with Gasteiger partial charge in [0.05, 0.1) is 5.51 Å². The lowest BCUT2D eigenvalue weighted by Crippen LogP contribution is -2.29. The highest BCUT2D eigenvalue weighted by Crippen LogP contribution is 2.17. The summed E-state index contributed by atoms with van der Waals surface area (Å²) in [6, 6.07) is 0.121. The van der Waals surface area contributed by atoms with Crippen LogP contribution in [0.4, 0.5) is 0 Å². The molecule has 3 nitrogen and oxygen atoms in total. The summed E-state index contributed by atoms with van der Waals surface area (Å²) in [7, 11) is 0. The van der Waals surface area contributed by atoms with E-state index in [4.69, 9.17) is 11.6 Å². The Morgan fingerprint density at radius 1 is 1.75 bits per heavy atom. The minimum absolute atomic E-state index is 0.121. The molecule has 0 aliphatic carbocycles. The van der Waals surface area contributed by atoms with Gasteiger partial charge in [-0.1, -0.05) is 11.6 Å². The first kappa shape index (κ1) is 9.48. The molecule has 0 aromatic carbocycles. The van der Waals surface area contributed by atoms with Crippen molar-refractivity contribution in [3.8, 4) is 0 Å². The maximum absolute atomic E-state index is 11.3. The van der Waals surface area contributed by atoms with Crippen LogP contribution in [0.1, 0.15) is 23.5 Å². The minimum atomic E-state index is -0.155. The molecule has 12 heavy (non-hydrogen) atoms. The predicted molar refractivity (Wildman–Crippen MR) is 49.7 cm³/mol. The lowest BCUT2D eigenvalue weighted by atomic mass is 10.4. The molecule has 0 unspecified atom stereocenters. The molecule has 1 aromatic heterocycles. The second-order valence-corrected chi connectivity index (χ2v) is 3.81. The lowest BCUT2D eigenvalue weighted by molar-refractivity contribution is 0.0947. The van der Waals surface area contributed by atoms with Crippen molar-refractivity contribution in [3.63, 3.8) is 0 Å². The van der Waals surface area contributed by atoms with E-state index in [9.17, 15) is 4.79 Å². The molecule has 1 heterocycles. The number of hydrogen-bond acceptors (Lipinski definition) is 3. The van der Waals surface area contributed by atoms with Gasteiger partial charge in [0.25, 0.3) is 5.91 Å². The Bertz CT molecular complexity index is 285. The summed E-state index contributed by atoms with van der Waals surface area (Å²) < 4.78 is 0. The second-order valence-electron chi connectivity index (χ2n) is 2.60. The highest BCUT2D eigenvalue weighted by atomic mass is 35.5. The van der Waals surface area contributed by atoms with E-state index in [1.807, 2.05) is 13.8 Å². The summed E-state index contributed by atoms with van der Waals surface area (Å²) in [5.74, 6) is -0.155. The molecule has 0 saturated heterocycles. The molecule has 0 aliphatic heterocycles. The molecule has 1 rings (SSSR count). The second kappa shape index (κ2) is 3.87. The minimum Gasteiger partial charge on any atom is -0.349 e. The Morgan fingerprint density at radius 2 is 2.42 bits per heavy atom. The fourth-order valence-corrected chi connectivity index (χ4v) is 1.61. The van der Waals surface area contributed by atoms with E-state index in [0.717, 1.165) is 0 Å². The maximum atomic E-state index is 11.3. The molecular formula is C7H9ClN2OS. The van der Waals surface area contributed by atoms with Crippen molar-refractivity contribution in [1.82, 2.24) is 10.3 Å². The van der Waals surface area contributed by atoms with Crippen LogP contribution >= 0.6 is 22.9 Å². The van der Waals surface area contributed by atoms with Crippen molar-refractivity contribution in [2.75, 3.05) is 0 Å². The molecule has 66 valence electrons. The summed E-state index contributed by atoms with van der Waals surface area (Å²) in [4.78, 5) is 15.6. The zero-order valence-corrected chi connectivity index (χ0v) is 8.37. The summed E-state index contributed by atoms with van der Waals surface area (Å²) in [6.45, 7) is 3.79. The van der Waals surface area contributed by atoms with Crippen molar-refractivity contribution >= 4 is 28.8 Å². The van der Waals surface area contributed by atoms with E-state index in [1.165, 1.54) is 11.3 Å². The van der Waals surface area contributed by atoms with Crippen LogP contribution in [0.15, 0.2) is 5.51 Å². The van der Waals surface area contributed by atoms with Gasteiger partial charge in [-0.3, -0.25) is 4.79 Å². The van der Waals surface area contributed by atoms with E-state index in [2.05, 4.69) is 10.3 Å². The number of amides is 1. The third-order valence-electron chi connectivity index (χ3n) is 1.15. The third-order valence-corrected chi connectivity index (χ3v) is 2.37. The summed E-state index contributed by atoms with van der Waals surface area (Å²) in [6.07, 6.45) is 0. The van der Waals surface area contributed by atoms with E-state index in [1.54, 1.807) is 5.51 Å². The SMILES string of the molecule is CC(C)NC(=O)c1scnc1Cl. The van der Waals surface area contributed by atoms with Gasteiger partial charge in [0, 0.05) is 6.04 Å². The quantitative estimate of drug-likeness (QED) is 0.800. The number of hydrogen-bond donors (Lipinski definition) is 1. The Balaban J connectivity index is 2.72. The van der Waals surface area contributed by atoms with Gasteiger partial charge in [0.15, 0.2) is 5.15 Å². The average Bonchev–Trinajstić information content (AvgIpc) is 2.33. The summed E-state index contributed by atoms with van der Waals surface area (Å²) in [5, 5.41) is 3.01. The van der Waals surface area contributed by atoms with Crippen molar-refractivity contribution in [2.24, 2.45) is 0 Å². The van der Waals surface area contributed by atoms with Crippen LogP contribution in [0.2, 0.25) is 5.15 Å². The third kappa shape index (κ3) is 2.19. The molecule has 0 bridgehead atoms. The predicted octanol–water partition coefficient (Wildman–Crippen LogP) is 1.93. The zero-order chi connectivity index (χ0) is 9.14. The van der Waals surface area contributed by atoms with Crippen molar-refractivity contribution in [3.05, 3.63) is 15.5 Å². The summed E-state index contributed by atoms with van der Waals surface area (Å²) >= 11 is 6.90. The Labute approximate surface area is 79.8 Å². The van der Waals surface area contributed by atoms with Crippen LogP contribution in [0, 0.1) is 0 Å². The molecule has 0 radical (unpaired) electrons. The topological polar surface area (TPSA) is 42.0 Å². The van der Waals surface area contributed by atoms with Crippen LogP contribution in [0.3, 0.4) is 0 Å². The van der Waals surface area contributed by atoms with Crippen LogP contribution in [-0.4, -0.2) is 16.9 Å². The summed E-state index contributed by atoms with van der Waals surface area (Å²) in [5.41, 5.74) is 1.55. The first-order valence-electron chi connectivity index (χ1n) is 3.51. The molecule has 0 fully saturated rings. The van der Waals surface area contributed by atoms with Crippen LogP contribution in [-0.2, 0) is 0 Å². The van der Waals surface area contributed by atoms with Gasteiger partial charge >= 0.3 is 0 Å². The van der Waals surface area contributed by atoms with Crippen molar-refractivity contribution in [2.45, 2.75) is 19.9 Å². The molecule has 0 spiro atoms. The van der Waals surface area contributed by atoms with Gasteiger partial charge in [-0.25, -0.2) is 4.98 Å². The number of nitrogens with zero attached hydrogens (tertiary/aromatic N) is 1. The monoisotopic (exact) mass is 204 g/mol. The fourth-order valence-electron chi connectivity index (χ4n) is 0.708. The smallest absolute Gasteiger partial charge is 0.264 e. The molecular weight excluding hydrogens is 196 g/mol. The Kier molecular flexibility index (Phi) is 3.05. The van der Waals surface area contributed by atoms with E-state index < -0.39 is 0 Å². The Morgan fingerprint density at radius 3 is 2.83 bits per heavy atom. The van der Waals surface area contributed by atoms with E-state index in [0.29, 0.717) is 4.88 Å². The molecule has 0 saturated carbocycles. The lowest BCUT2D eigenvalue weighted by Gasteiger charge is -2.05. The standard InChI is InChI=1S/C7H9ClN2OS/c1-4(2)10-7(11)5-6(8)9-3-12-5/h3-4H,1-2H3,(H,10,11).